The highest BCUT2D eigenvalue weighted by Crippen LogP contribution is 2.10. The van der Waals surface area contributed by atoms with Gasteiger partial charge in [0.15, 0.2) is 0 Å². The highest BCUT2D eigenvalue weighted by molar-refractivity contribution is 7.79. The van der Waals surface area contributed by atoms with E-state index in [-0.39, 0.29) is 0 Å². The first kappa shape index (κ1) is 9.22. The van der Waals surface area contributed by atoms with Crippen LogP contribution in [0.4, 0.5) is 5.69 Å². The van der Waals surface area contributed by atoms with E-state index < -0.39 is 11.1 Å². The summed E-state index contributed by atoms with van der Waals surface area (Å²) in [5.41, 5.74) is 0.937. The molecule has 1 aromatic rings. The summed E-state index contributed by atoms with van der Waals surface area (Å²) in [4.78, 5) is 0.316. The van der Waals surface area contributed by atoms with Gasteiger partial charge < -0.3 is 9.87 Å². The minimum Gasteiger partial charge on any atom is -0.768 e. The van der Waals surface area contributed by atoms with Crippen LogP contribution in [0, 0.1) is 0 Å². The molecule has 0 spiro atoms. The van der Waals surface area contributed by atoms with Crippen LogP contribution >= 0.6 is 0 Å². The Hall–Kier alpha value is -0.870. The highest BCUT2D eigenvalue weighted by Gasteiger charge is 1.91. The highest BCUT2D eigenvalue weighted by atomic mass is 32.2. The molecule has 66 valence electrons. The van der Waals surface area contributed by atoms with Gasteiger partial charge in [0.2, 0.25) is 0 Å². The summed E-state index contributed by atoms with van der Waals surface area (Å²) in [6, 6.07) is 6.63. The molecule has 1 unspecified atom stereocenters. The molecular weight excluding hydrogens is 174 g/mol. The monoisotopic (exact) mass is 184 g/mol. The second kappa shape index (κ2) is 4.23. The van der Waals surface area contributed by atoms with Crippen LogP contribution in [-0.2, 0) is 11.1 Å². The molecule has 0 aromatic heterocycles. The van der Waals surface area contributed by atoms with Crippen molar-refractivity contribution in [2.45, 2.75) is 11.8 Å². The van der Waals surface area contributed by atoms with Crippen LogP contribution in [0.25, 0.3) is 0 Å². The molecule has 1 rings (SSSR count). The average Bonchev–Trinajstić information content (AvgIpc) is 2.06. The second-order valence-electron chi connectivity index (χ2n) is 2.29. The van der Waals surface area contributed by atoms with Gasteiger partial charge in [0, 0.05) is 17.1 Å². The van der Waals surface area contributed by atoms with Crippen LogP contribution in [0.1, 0.15) is 6.92 Å². The molecular formula is C8H10NO2S-. The third kappa shape index (κ3) is 2.32. The maximum Gasteiger partial charge on any atom is 0.0340 e. The maximum absolute atomic E-state index is 10.4. The third-order valence-corrected chi connectivity index (χ3v) is 2.08. The van der Waals surface area contributed by atoms with Crippen molar-refractivity contribution in [3.05, 3.63) is 24.3 Å². The molecule has 0 saturated heterocycles. The molecule has 1 aromatic carbocycles. The molecule has 0 aliphatic rings. The molecule has 1 N–H and O–H groups in total. The molecule has 0 saturated carbocycles. The summed E-state index contributed by atoms with van der Waals surface area (Å²) in [6.07, 6.45) is 0. The maximum atomic E-state index is 10.4. The zero-order chi connectivity index (χ0) is 8.97. The smallest absolute Gasteiger partial charge is 0.0340 e. The van der Waals surface area contributed by atoms with Crippen molar-refractivity contribution in [3.63, 3.8) is 0 Å². The Balaban J connectivity index is 2.78. The zero-order valence-corrected chi connectivity index (χ0v) is 7.56. The van der Waals surface area contributed by atoms with Crippen molar-refractivity contribution in [2.75, 3.05) is 11.9 Å². The predicted molar refractivity (Wildman–Crippen MR) is 47.8 cm³/mol. The molecule has 0 aliphatic carbocycles. The first-order chi connectivity index (χ1) is 5.74. The summed E-state index contributed by atoms with van der Waals surface area (Å²) < 4.78 is 20.9. The topological polar surface area (TPSA) is 52.2 Å². The van der Waals surface area contributed by atoms with E-state index in [0.29, 0.717) is 4.90 Å². The predicted octanol–water partition coefficient (Wildman–Crippen LogP) is 1.36. The van der Waals surface area contributed by atoms with Crippen LogP contribution in [0.15, 0.2) is 29.2 Å². The van der Waals surface area contributed by atoms with E-state index in [1.165, 1.54) is 0 Å². The normalized spacial score (nSPS) is 12.5. The molecule has 1 atom stereocenters. The van der Waals surface area contributed by atoms with Gasteiger partial charge in [0.05, 0.1) is 0 Å². The van der Waals surface area contributed by atoms with Crippen molar-refractivity contribution < 1.29 is 8.76 Å². The van der Waals surface area contributed by atoms with Gasteiger partial charge in [-0.15, -0.1) is 0 Å². The Labute approximate surface area is 74.1 Å². The van der Waals surface area contributed by atoms with Gasteiger partial charge in [-0.3, -0.25) is 4.21 Å². The largest absolute Gasteiger partial charge is 0.768 e. The summed E-state index contributed by atoms with van der Waals surface area (Å²) >= 11 is -2.12. The number of benzene rings is 1. The fourth-order valence-corrected chi connectivity index (χ4v) is 1.25. The van der Waals surface area contributed by atoms with Crippen LogP contribution < -0.4 is 5.32 Å². The fourth-order valence-electron chi connectivity index (χ4n) is 0.888. The average molecular weight is 184 g/mol. The lowest BCUT2D eigenvalue weighted by Crippen LogP contribution is -1.96. The number of nitrogens with one attached hydrogen (secondary N) is 1. The SMILES string of the molecule is CCNc1ccc(S(=O)[O-])cc1. The van der Waals surface area contributed by atoms with Gasteiger partial charge in [0.1, 0.15) is 0 Å². The molecule has 4 heteroatoms. The summed E-state index contributed by atoms with van der Waals surface area (Å²) in [7, 11) is 0. The Bertz CT molecular complexity index is 271. The second-order valence-corrected chi connectivity index (χ2v) is 3.23. The molecule has 0 heterocycles. The third-order valence-electron chi connectivity index (χ3n) is 1.43. The van der Waals surface area contributed by atoms with Gasteiger partial charge in [-0.25, -0.2) is 0 Å². The molecule has 0 aliphatic heterocycles. The lowest BCUT2D eigenvalue weighted by molar-refractivity contribution is 0.537. The number of hydrogen-bond donors (Lipinski definition) is 1. The number of hydrogen-bond acceptors (Lipinski definition) is 3. The van der Waals surface area contributed by atoms with Gasteiger partial charge in [-0.05, 0) is 42.3 Å². The van der Waals surface area contributed by atoms with Crippen LogP contribution in [0.3, 0.4) is 0 Å². The van der Waals surface area contributed by atoms with Gasteiger partial charge in [0.25, 0.3) is 0 Å². The molecule has 3 nitrogen and oxygen atoms in total. The number of anilines is 1. The van der Waals surface area contributed by atoms with Crippen molar-refractivity contribution >= 4 is 16.8 Å². The number of rotatable bonds is 3. The van der Waals surface area contributed by atoms with E-state index in [4.69, 9.17) is 0 Å². The molecule has 0 bridgehead atoms. The van der Waals surface area contributed by atoms with Crippen LogP contribution in [0.5, 0.6) is 0 Å². The summed E-state index contributed by atoms with van der Waals surface area (Å²) in [5.74, 6) is 0. The fraction of sp³-hybridized carbons (Fsp3) is 0.250. The van der Waals surface area contributed by atoms with E-state index in [2.05, 4.69) is 5.32 Å². The minimum absolute atomic E-state index is 0.316. The van der Waals surface area contributed by atoms with E-state index in [9.17, 15) is 8.76 Å². The standard InChI is InChI=1S/C8H11NO2S/c1-2-9-7-3-5-8(6-4-7)12(10)11/h3-6,9H,2H2,1H3,(H,10,11)/p-1. The molecule has 0 radical (unpaired) electrons. The molecule has 0 fully saturated rings. The first-order valence-electron chi connectivity index (χ1n) is 3.67. The Morgan fingerprint density at radius 2 is 2.00 bits per heavy atom. The summed E-state index contributed by atoms with van der Waals surface area (Å²) in [6.45, 7) is 2.82. The lowest BCUT2D eigenvalue weighted by atomic mass is 10.3. The minimum atomic E-state index is -2.12. The zero-order valence-electron chi connectivity index (χ0n) is 6.74. The summed E-state index contributed by atoms with van der Waals surface area (Å²) in [5, 5.41) is 3.07. The van der Waals surface area contributed by atoms with Crippen molar-refractivity contribution in [1.82, 2.24) is 0 Å². The van der Waals surface area contributed by atoms with E-state index >= 15 is 0 Å². The Morgan fingerprint density at radius 3 is 2.42 bits per heavy atom. The lowest BCUT2D eigenvalue weighted by Gasteiger charge is -2.06. The van der Waals surface area contributed by atoms with E-state index in [1.807, 2.05) is 6.92 Å². The van der Waals surface area contributed by atoms with Crippen LogP contribution in [0.2, 0.25) is 0 Å². The van der Waals surface area contributed by atoms with Crippen LogP contribution in [-0.4, -0.2) is 15.3 Å². The molecule has 12 heavy (non-hydrogen) atoms. The van der Waals surface area contributed by atoms with Gasteiger partial charge in [-0.2, -0.15) is 0 Å². The Morgan fingerprint density at radius 1 is 1.42 bits per heavy atom. The van der Waals surface area contributed by atoms with Crippen molar-refractivity contribution in [3.8, 4) is 0 Å². The first-order valence-corrected chi connectivity index (χ1v) is 4.74. The Kier molecular flexibility index (Phi) is 3.25. The van der Waals surface area contributed by atoms with E-state index in [1.54, 1.807) is 24.3 Å². The van der Waals surface area contributed by atoms with Gasteiger partial charge in [-0.1, -0.05) is 0 Å². The van der Waals surface area contributed by atoms with Crippen molar-refractivity contribution in [2.24, 2.45) is 0 Å². The molecule has 0 amide bonds. The van der Waals surface area contributed by atoms with E-state index in [0.717, 1.165) is 12.2 Å². The quantitative estimate of drug-likeness (QED) is 0.721. The van der Waals surface area contributed by atoms with Crippen molar-refractivity contribution in [1.29, 1.82) is 0 Å². The van der Waals surface area contributed by atoms with Gasteiger partial charge >= 0.3 is 0 Å².